The summed E-state index contributed by atoms with van der Waals surface area (Å²) < 4.78 is 7.84. The Morgan fingerprint density at radius 2 is 1.87 bits per heavy atom. The average Bonchev–Trinajstić information content (AvgIpc) is 3.37. The molecule has 4 heterocycles. The van der Waals surface area contributed by atoms with Crippen molar-refractivity contribution < 1.29 is 4.74 Å². The molecular weight excluding hydrogens is 392 g/mol. The Balaban J connectivity index is 1.62. The number of aromatic nitrogens is 4. The van der Waals surface area contributed by atoms with Gasteiger partial charge in [0.05, 0.1) is 5.92 Å². The first-order chi connectivity index (χ1) is 15.1. The van der Waals surface area contributed by atoms with Gasteiger partial charge in [-0.1, -0.05) is 12.1 Å². The lowest BCUT2D eigenvalue weighted by Crippen LogP contribution is -2.31. The average molecular weight is 412 g/mol. The van der Waals surface area contributed by atoms with Crippen molar-refractivity contribution in [1.82, 2.24) is 30.0 Å². The van der Waals surface area contributed by atoms with Crippen LogP contribution in [0.15, 0.2) is 78.0 Å². The molecule has 2 unspecified atom stereocenters. The maximum Gasteiger partial charge on any atom is 0.214 e. The molecule has 0 fully saturated rings. The number of imidazole rings is 1. The number of nitriles is 1. The minimum Gasteiger partial charge on any atom is -0.423 e. The lowest BCUT2D eigenvalue weighted by molar-refractivity contribution is 0.153. The summed E-state index contributed by atoms with van der Waals surface area (Å²) >= 11 is 0. The van der Waals surface area contributed by atoms with Crippen molar-refractivity contribution in [2.24, 2.45) is 5.73 Å². The number of nitrogens with two attached hydrogens (primary N) is 1. The van der Waals surface area contributed by atoms with Crippen LogP contribution >= 0.6 is 0 Å². The van der Waals surface area contributed by atoms with Gasteiger partial charge in [-0.15, -0.1) is 0 Å². The van der Waals surface area contributed by atoms with Crippen LogP contribution in [0.5, 0.6) is 0 Å². The van der Waals surface area contributed by atoms with Gasteiger partial charge >= 0.3 is 0 Å². The van der Waals surface area contributed by atoms with Gasteiger partial charge < -0.3 is 15.0 Å². The lowest BCUT2D eigenvalue weighted by Gasteiger charge is -2.27. The topological polar surface area (TPSA) is 118 Å². The minimum absolute atomic E-state index is 0.101. The van der Waals surface area contributed by atoms with Gasteiger partial charge in [0.25, 0.3) is 0 Å². The van der Waals surface area contributed by atoms with Crippen LogP contribution in [0.25, 0.3) is 5.69 Å². The maximum absolute atomic E-state index is 9.91. The number of nitrogens with zero attached hydrogens (tertiary/aromatic N) is 6. The van der Waals surface area contributed by atoms with Crippen molar-refractivity contribution in [2.75, 3.05) is 7.05 Å². The number of rotatable bonds is 3. The lowest BCUT2D eigenvalue weighted by atomic mass is 9.81. The summed E-state index contributed by atoms with van der Waals surface area (Å²) in [6.45, 7) is 1.95. The number of benzene rings is 1. The number of ether oxygens (including phenoxy) is 1. The number of nitrogens with one attached hydrogen (secondary N) is 1. The zero-order valence-electron chi connectivity index (χ0n) is 17.0. The van der Waals surface area contributed by atoms with Gasteiger partial charge in [-0.2, -0.15) is 5.26 Å². The summed E-state index contributed by atoms with van der Waals surface area (Å²) in [7, 11) is 1.84. The van der Waals surface area contributed by atoms with Gasteiger partial charge in [0, 0.05) is 43.1 Å². The van der Waals surface area contributed by atoms with Gasteiger partial charge in [-0.25, -0.2) is 20.4 Å². The summed E-state index contributed by atoms with van der Waals surface area (Å²) in [6, 6.07) is 11.7. The zero-order valence-corrected chi connectivity index (χ0v) is 17.0. The SMILES string of the molecule is Cc1nccn1-c1ccc(C2C(C#N)=C(N)OC3=C2C(c2ncccn2)NN3C)cc1. The minimum atomic E-state index is -0.391. The summed E-state index contributed by atoms with van der Waals surface area (Å²) in [5.74, 6) is 1.76. The molecule has 5 rings (SSSR count). The summed E-state index contributed by atoms with van der Waals surface area (Å²) in [5.41, 5.74) is 12.6. The van der Waals surface area contributed by atoms with E-state index in [1.54, 1.807) is 29.7 Å². The molecule has 0 radical (unpaired) electrons. The monoisotopic (exact) mass is 412 g/mol. The molecule has 0 amide bonds. The molecule has 0 spiro atoms. The number of aryl methyl sites for hydroxylation is 1. The molecule has 9 nitrogen and oxygen atoms in total. The van der Waals surface area contributed by atoms with Crippen molar-refractivity contribution in [3.63, 3.8) is 0 Å². The fourth-order valence-corrected chi connectivity index (χ4v) is 4.11. The predicted molar refractivity (Wildman–Crippen MR) is 112 cm³/mol. The number of hydrogen-bond acceptors (Lipinski definition) is 8. The van der Waals surface area contributed by atoms with E-state index in [-0.39, 0.29) is 11.9 Å². The number of hydrogen-bond donors (Lipinski definition) is 2. The highest BCUT2D eigenvalue weighted by Crippen LogP contribution is 2.47. The fourth-order valence-electron chi connectivity index (χ4n) is 4.11. The van der Waals surface area contributed by atoms with Crippen LogP contribution in [-0.2, 0) is 4.74 Å². The molecule has 1 aromatic carbocycles. The molecule has 0 aliphatic carbocycles. The second kappa shape index (κ2) is 7.27. The van der Waals surface area contributed by atoms with Crippen molar-refractivity contribution in [2.45, 2.75) is 18.9 Å². The first-order valence-corrected chi connectivity index (χ1v) is 9.77. The number of allylic oxidation sites excluding steroid dienone is 1. The van der Waals surface area contributed by atoms with Gasteiger partial charge in [0.1, 0.15) is 23.5 Å². The smallest absolute Gasteiger partial charge is 0.214 e. The summed E-state index contributed by atoms with van der Waals surface area (Å²) in [6.07, 6.45) is 7.06. The van der Waals surface area contributed by atoms with Crippen LogP contribution in [0, 0.1) is 18.3 Å². The first-order valence-electron chi connectivity index (χ1n) is 9.77. The van der Waals surface area contributed by atoms with Crippen LogP contribution in [0.4, 0.5) is 0 Å². The largest absolute Gasteiger partial charge is 0.423 e. The first kappa shape index (κ1) is 18.8. The van der Waals surface area contributed by atoms with E-state index >= 15 is 0 Å². The standard InChI is InChI=1S/C22H20N8O/c1-13-25-10-11-30(13)15-6-4-14(5-7-15)17-16(12-23)20(24)31-22-18(17)19(28-29(22)2)21-26-8-3-9-27-21/h3-11,17,19,28H,24H2,1-2H3. The Labute approximate surface area is 179 Å². The molecule has 2 aliphatic rings. The normalized spacial score (nSPS) is 20.5. The number of hydrazine groups is 1. The van der Waals surface area contributed by atoms with Crippen LogP contribution < -0.4 is 11.2 Å². The summed E-state index contributed by atoms with van der Waals surface area (Å²) in [4.78, 5) is 13.1. The predicted octanol–water partition coefficient (Wildman–Crippen LogP) is 2.18. The van der Waals surface area contributed by atoms with E-state index in [4.69, 9.17) is 10.5 Å². The molecule has 154 valence electrons. The van der Waals surface area contributed by atoms with Crippen molar-refractivity contribution in [3.05, 3.63) is 95.2 Å². The van der Waals surface area contributed by atoms with Crippen molar-refractivity contribution in [1.29, 1.82) is 5.26 Å². The van der Waals surface area contributed by atoms with Crippen LogP contribution in [0.3, 0.4) is 0 Å². The highest BCUT2D eigenvalue weighted by atomic mass is 16.5. The Kier molecular flexibility index (Phi) is 4.42. The highest BCUT2D eigenvalue weighted by molar-refractivity contribution is 5.53. The molecule has 0 saturated heterocycles. The second-order valence-corrected chi connectivity index (χ2v) is 7.35. The van der Waals surface area contributed by atoms with E-state index < -0.39 is 5.92 Å². The molecule has 2 atom stereocenters. The van der Waals surface area contributed by atoms with E-state index in [0.717, 1.165) is 22.6 Å². The van der Waals surface area contributed by atoms with Crippen LogP contribution in [-0.4, -0.2) is 31.6 Å². The van der Waals surface area contributed by atoms with Crippen molar-refractivity contribution >= 4 is 0 Å². The molecule has 0 saturated carbocycles. The van der Waals surface area contributed by atoms with Gasteiger partial charge in [0.15, 0.2) is 5.82 Å². The molecule has 31 heavy (non-hydrogen) atoms. The molecule has 3 aromatic rings. The Hall–Kier alpha value is -4.16. The molecule has 9 heteroatoms. The summed E-state index contributed by atoms with van der Waals surface area (Å²) in [5, 5.41) is 11.7. The third kappa shape index (κ3) is 3.01. The maximum atomic E-state index is 9.91. The van der Waals surface area contributed by atoms with Gasteiger partial charge in [-0.05, 0) is 30.7 Å². The van der Waals surface area contributed by atoms with E-state index in [2.05, 4.69) is 26.4 Å². The third-order valence-corrected chi connectivity index (χ3v) is 5.55. The van der Waals surface area contributed by atoms with E-state index in [9.17, 15) is 5.26 Å². The van der Waals surface area contributed by atoms with Gasteiger partial charge in [-0.3, -0.25) is 5.01 Å². The van der Waals surface area contributed by atoms with Crippen molar-refractivity contribution in [3.8, 4) is 11.8 Å². The zero-order chi connectivity index (χ0) is 21.5. The third-order valence-electron chi connectivity index (χ3n) is 5.55. The van der Waals surface area contributed by atoms with Gasteiger partial charge in [0.2, 0.25) is 11.8 Å². The highest BCUT2D eigenvalue weighted by Gasteiger charge is 2.44. The van der Waals surface area contributed by atoms with E-state index in [1.165, 1.54) is 0 Å². The Morgan fingerprint density at radius 1 is 1.13 bits per heavy atom. The molecular formula is C22H20N8O. The van der Waals surface area contributed by atoms with E-state index in [0.29, 0.717) is 17.3 Å². The van der Waals surface area contributed by atoms with Crippen LogP contribution in [0.2, 0.25) is 0 Å². The Bertz CT molecular complexity index is 1240. The molecule has 2 aliphatic heterocycles. The second-order valence-electron chi connectivity index (χ2n) is 7.35. The van der Waals surface area contributed by atoms with E-state index in [1.807, 2.05) is 49.0 Å². The molecule has 0 bridgehead atoms. The fraction of sp³-hybridized carbons (Fsp3) is 0.182. The quantitative estimate of drug-likeness (QED) is 0.672. The molecule has 3 N–H and O–H groups in total. The molecule has 2 aromatic heterocycles. The Morgan fingerprint density at radius 3 is 2.52 bits per heavy atom. The van der Waals surface area contributed by atoms with Crippen LogP contribution in [0.1, 0.15) is 29.2 Å².